The molecular weight excluding hydrogens is 270 g/mol. The Morgan fingerprint density at radius 2 is 2.30 bits per heavy atom. The van der Waals surface area contributed by atoms with Gasteiger partial charge < -0.3 is 10.6 Å². The third-order valence-corrected chi connectivity index (χ3v) is 5.06. The number of rotatable bonds is 5. The summed E-state index contributed by atoms with van der Waals surface area (Å²) in [6.07, 6.45) is 4.94. The molecule has 1 amide bonds. The summed E-state index contributed by atoms with van der Waals surface area (Å²) in [6, 6.07) is 0. The Balaban J connectivity index is 2.11. The first-order valence-corrected chi connectivity index (χ1v) is 8.41. The molecule has 112 valence electrons. The van der Waals surface area contributed by atoms with E-state index >= 15 is 0 Å². The van der Waals surface area contributed by atoms with E-state index in [1.807, 2.05) is 0 Å². The molecule has 0 bridgehead atoms. The largest absolute Gasteiger partial charge is 0.316 e. The fourth-order valence-corrected chi connectivity index (χ4v) is 3.90. The first-order chi connectivity index (χ1) is 9.61. The van der Waals surface area contributed by atoms with Gasteiger partial charge in [-0.1, -0.05) is 20.3 Å². The summed E-state index contributed by atoms with van der Waals surface area (Å²) in [5.41, 5.74) is 0.843. The lowest BCUT2D eigenvalue weighted by atomic mass is 9.76. The predicted octanol–water partition coefficient (Wildman–Crippen LogP) is 3.12. The maximum Gasteiger partial charge on any atom is 0.233 e. The van der Waals surface area contributed by atoms with Crippen molar-refractivity contribution in [3.05, 3.63) is 10.6 Å². The number of nitrogens with one attached hydrogen (secondary N) is 2. The zero-order chi connectivity index (χ0) is 14.6. The van der Waals surface area contributed by atoms with Gasteiger partial charge in [0.25, 0.3) is 0 Å². The molecule has 2 rings (SSSR count). The van der Waals surface area contributed by atoms with E-state index in [4.69, 9.17) is 0 Å². The van der Waals surface area contributed by atoms with Crippen molar-refractivity contribution in [3.8, 4) is 0 Å². The molecule has 0 spiro atoms. The fraction of sp³-hybridized carbons (Fsp3) is 0.733. The van der Waals surface area contributed by atoms with Crippen LogP contribution in [0.25, 0.3) is 0 Å². The number of amides is 1. The molecule has 1 saturated heterocycles. The number of anilines is 1. The Bertz CT molecular complexity index is 458. The number of aryl methyl sites for hydroxylation is 2. The van der Waals surface area contributed by atoms with Crippen LogP contribution in [0.15, 0.2) is 0 Å². The van der Waals surface area contributed by atoms with Crippen molar-refractivity contribution in [1.29, 1.82) is 0 Å². The summed E-state index contributed by atoms with van der Waals surface area (Å²) in [7, 11) is 0. The van der Waals surface area contributed by atoms with E-state index in [0.29, 0.717) is 0 Å². The van der Waals surface area contributed by atoms with Gasteiger partial charge in [-0.3, -0.25) is 4.79 Å². The van der Waals surface area contributed by atoms with Gasteiger partial charge in [0.2, 0.25) is 5.91 Å². The van der Waals surface area contributed by atoms with Crippen LogP contribution in [0.3, 0.4) is 0 Å². The van der Waals surface area contributed by atoms with Crippen LogP contribution >= 0.6 is 11.3 Å². The minimum atomic E-state index is -0.251. The van der Waals surface area contributed by atoms with E-state index in [0.717, 1.165) is 56.0 Å². The molecule has 0 aromatic carbocycles. The van der Waals surface area contributed by atoms with E-state index < -0.39 is 0 Å². The van der Waals surface area contributed by atoms with Gasteiger partial charge in [-0.15, -0.1) is 11.3 Å². The molecule has 2 N–H and O–H groups in total. The number of hydrogen-bond donors (Lipinski definition) is 2. The number of aromatic nitrogens is 1. The molecule has 1 aromatic heterocycles. The zero-order valence-electron chi connectivity index (χ0n) is 12.7. The number of thiazole rings is 1. The smallest absolute Gasteiger partial charge is 0.233 e. The average molecular weight is 295 g/mol. The molecule has 1 unspecified atom stereocenters. The van der Waals surface area contributed by atoms with E-state index in [1.54, 1.807) is 11.3 Å². The number of hydrogen-bond acceptors (Lipinski definition) is 4. The molecule has 1 atom stereocenters. The van der Waals surface area contributed by atoms with Gasteiger partial charge in [0, 0.05) is 11.4 Å². The van der Waals surface area contributed by atoms with Crippen molar-refractivity contribution < 1.29 is 4.79 Å². The molecular formula is C15H25N3OS. The molecule has 0 saturated carbocycles. The molecule has 20 heavy (non-hydrogen) atoms. The zero-order valence-corrected chi connectivity index (χ0v) is 13.5. The maximum atomic E-state index is 12.7. The summed E-state index contributed by atoms with van der Waals surface area (Å²) in [5.74, 6) is 0.142. The molecule has 1 aromatic rings. The highest BCUT2D eigenvalue weighted by atomic mass is 32.1. The molecule has 0 aliphatic carbocycles. The standard InChI is InChI=1S/C15H25N3OS/c1-4-7-15(8-6-9-16-10-15)13(19)18-14-17-12(5-2)11(3)20-14/h16H,4-10H2,1-3H3,(H,17,18,19). The highest BCUT2D eigenvalue weighted by Gasteiger charge is 2.39. The minimum absolute atomic E-state index is 0.142. The second-order valence-electron chi connectivity index (χ2n) is 5.64. The third kappa shape index (κ3) is 3.20. The van der Waals surface area contributed by atoms with Crippen LogP contribution in [0.4, 0.5) is 5.13 Å². The van der Waals surface area contributed by atoms with Gasteiger partial charge in [0.1, 0.15) is 0 Å². The van der Waals surface area contributed by atoms with Crippen LogP contribution in [-0.2, 0) is 11.2 Å². The summed E-state index contributed by atoms with van der Waals surface area (Å²) in [5, 5.41) is 7.19. The second-order valence-corrected chi connectivity index (χ2v) is 6.84. The highest BCUT2D eigenvalue weighted by molar-refractivity contribution is 7.15. The van der Waals surface area contributed by atoms with E-state index in [9.17, 15) is 4.79 Å². The van der Waals surface area contributed by atoms with Crippen molar-refractivity contribution in [1.82, 2.24) is 10.3 Å². The number of carbonyl (C=O) groups is 1. The van der Waals surface area contributed by atoms with Crippen LogP contribution in [0.5, 0.6) is 0 Å². The molecule has 1 aliphatic heterocycles. The topological polar surface area (TPSA) is 54.0 Å². The average Bonchev–Trinajstić information content (AvgIpc) is 2.80. The van der Waals surface area contributed by atoms with Crippen LogP contribution in [0.1, 0.15) is 50.1 Å². The lowest BCUT2D eigenvalue weighted by Crippen LogP contribution is -2.48. The predicted molar refractivity (Wildman–Crippen MR) is 84.3 cm³/mol. The van der Waals surface area contributed by atoms with Crippen molar-refractivity contribution in [2.24, 2.45) is 5.41 Å². The monoisotopic (exact) mass is 295 g/mol. The molecule has 0 radical (unpaired) electrons. The Labute approximate surface area is 125 Å². The fourth-order valence-electron chi connectivity index (χ4n) is 3.01. The maximum absolute atomic E-state index is 12.7. The van der Waals surface area contributed by atoms with E-state index in [1.165, 1.54) is 4.88 Å². The van der Waals surface area contributed by atoms with Crippen LogP contribution in [-0.4, -0.2) is 24.0 Å². The second kappa shape index (κ2) is 6.68. The van der Waals surface area contributed by atoms with Gasteiger partial charge in [-0.05, 0) is 39.2 Å². The molecule has 2 heterocycles. The molecule has 1 fully saturated rings. The van der Waals surface area contributed by atoms with Gasteiger partial charge in [-0.25, -0.2) is 4.98 Å². The molecule has 5 heteroatoms. The highest BCUT2D eigenvalue weighted by Crippen LogP contribution is 2.34. The Hall–Kier alpha value is -0.940. The normalized spacial score (nSPS) is 22.8. The summed E-state index contributed by atoms with van der Waals surface area (Å²) in [6.45, 7) is 8.12. The van der Waals surface area contributed by atoms with Gasteiger partial charge in [-0.2, -0.15) is 0 Å². The van der Waals surface area contributed by atoms with Crippen molar-refractivity contribution in [3.63, 3.8) is 0 Å². The summed E-state index contributed by atoms with van der Waals surface area (Å²) in [4.78, 5) is 18.4. The Morgan fingerprint density at radius 3 is 2.85 bits per heavy atom. The van der Waals surface area contributed by atoms with Gasteiger partial charge in [0.05, 0.1) is 11.1 Å². The summed E-state index contributed by atoms with van der Waals surface area (Å²) >= 11 is 1.58. The quantitative estimate of drug-likeness (QED) is 0.877. The molecule has 1 aliphatic rings. The number of nitrogens with zero attached hydrogens (tertiary/aromatic N) is 1. The van der Waals surface area contributed by atoms with Crippen LogP contribution < -0.4 is 10.6 Å². The van der Waals surface area contributed by atoms with Crippen LogP contribution in [0, 0.1) is 12.3 Å². The van der Waals surface area contributed by atoms with Gasteiger partial charge in [0.15, 0.2) is 5.13 Å². The summed E-state index contributed by atoms with van der Waals surface area (Å²) < 4.78 is 0. The lowest BCUT2D eigenvalue weighted by molar-refractivity contribution is -0.127. The molecule has 4 nitrogen and oxygen atoms in total. The lowest BCUT2D eigenvalue weighted by Gasteiger charge is -2.35. The third-order valence-electron chi connectivity index (χ3n) is 4.13. The number of piperidine rings is 1. The minimum Gasteiger partial charge on any atom is -0.316 e. The van der Waals surface area contributed by atoms with E-state index in [-0.39, 0.29) is 11.3 Å². The van der Waals surface area contributed by atoms with E-state index in [2.05, 4.69) is 36.4 Å². The number of carbonyl (C=O) groups excluding carboxylic acids is 1. The Morgan fingerprint density at radius 1 is 1.50 bits per heavy atom. The first kappa shape index (κ1) is 15.4. The van der Waals surface area contributed by atoms with Crippen molar-refractivity contribution in [2.75, 3.05) is 18.4 Å². The van der Waals surface area contributed by atoms with Crippen molar-refractivity contribution in [2.45, 2.75) is 52.9 Å². The Kier molecular flexibility index (Phi) is 5.16. The SMILES string of the molecule is CCCC1(C(=O)Nc2nc(CC)c(C)s2)CCCNC1. The van der Waals surface area contributed by atoms with Crippen molar-refractivity contribution >= 4 is 22.4 Å². The van der Waals surface area contributed by atoms with Crippen LogP contribution in [0.2, 0.25) is 0 Å². The first-order valence-electron chi connectivity index (χ1n) is 7.60. The van der Waals surface area contributed by atoms with Gasteiger partial charge >= 0.3 is 0 Å².